The molecule has 0 spiro atoms. The Kier molecular flexibility index (Phi) is 6.57. The van der Waals surface area contributed by atoms with Crippen LogP contribution in [0.3, 0.4) is 0 Å². The number of aromatic nitrogens is 2. The minimum Gasteiger partial charge on any atom is -0.320 e. The summed E-state index contributed by atoms with van der Waals surface area (Å²) in [5.41, 5.74) is 1.03. The van der Waals surface area contributed by atoms with Gasteiger partial charge in [-0.2, -0.15) is 4.31 Å². The van der Waals surface area contributed by atoms with E-state index in [9.17, 15) is 17.6 Å². The summed E-state index contributed by atoms with van der Waals surface area (Å²) in [5, 5.41) is 12.1. The first-order chi connectivity index (χ1) is 15.2. The van der Waals surface area contributed by atoms with E-state index in [2.05, 4.69) is 15.5 Å². The van der Waals surface area contributed by atoms with Crippen LogP contribution in [0.4, 0.5) is 10.1 Å². The van der Waals surface area contributed by atoms with Gasteiger partial charge >= 0.3 is 0 Å². The second-order valence-corrected chi connectivity index (χ2v) is 10.9. The van der Waals surface area contributed by atoms with Crippen molar-refractivity contribution in [3.63, 3.8) is 0 Å². The maximum absolute atomic E-state index is 13.7. The molecule has 1 atom stereocenters. The van der Waals surface area contributed by atoms with E-state index < -0.39 is 21.7 Å². The molecule has 11 heteroatoms. The Morgan fingerprint density at radius 2 is 2.06 bits per heavy atom. The van der Waals surface area contributed by atoms with Crippen LogP contribution in [0.25, 0.3) is 0 Å². The van der Waals surface area contributed by atoms with Crippen molar-refractivity contribution >= 4 is 44.6 Å². The summed E-state index contributed by atoms with van der Waals surface area (Å²) in [6.07, 6.45) is 1.35. The second-order valence-electron chi connectivity index (χ2n) is 7.52. The number of anilines is 1. The summed E-state index contributed by atoms with van der Waals surface area (Å²) in [5.74, 6) is -1.20. The zero-order valence-electron chi connectivity index (χ0n) is 17.1. The van der Waals surface area contributed by atoms with Gasteiger partial charge in [0.1, 0.15) is 10.8 Å². The fourth-order valence-electron chi connectivity index (χ4n) is 3.60. The van der Waals surface area contributed by atoms with Crippen molar-refractivity contribution in [1.29, 1.82) is 0 Å². The quantitative estimate of drug-likeness (QED) is 0.565. The van der Waals surface area contributed by atoms with Crippen LogP contribution in [0, 0.1) is 12.7 Å². The molecule has 0 aliphatic carbocycles. The zero-order chi connectivity index (χ0) is 22.9. The average molecular weight is 495 g/mol. The summed E-state index contributed by atoms with van der Waals surface area (Å²) in [6, 6.07) is 10.5. The van der Waals surface area contributed by atoms with E-state index in [1.807, 2.05) is 0 Å². The number of piperidine rings is 1. The van der Waals surface area contributed by atoms with Gasteiger partial charge in [-0.1, -0.05) is 35.1 Å². The molecular weight excluding hydrogens is 475 g/mol. The van der Waals surface area contributed by atoms with E-state index in [-0.39, 0.29) is 22.4 Å². The van der Waals surface area contributed by atoms with Crippen molar-refractivity contribution in [3.05, 3.63) is 68.9 Å². The van der Waals surface area contributed by atoms with Crippen LogP contribution < -0.4 is 5.32 Å². The number of benzene rings is 2. The van der Waals surface area contributed by atoms with Gasteiger partial charge in [0.15, 0.2) is 0 Å². The van der Waals surface area contributed by atoms with Gasteiger partial charge in [-0.15, -0.1) is 10.2 Å². The van der Waals surface area contributed by atoms with Crippen molar-refractivity contribution < 1.29 is 17.6 Å². The van der Waals surface area contributed by atoms with Gasteiger partial charge in [-0.05, 0) is 55.7 Å². The van der Waals surface area contributed by atoms with Gasteiger partial charge < -0.3 is 5.32 Å². The molecule has 4 rings (SSSR count). The topological polar surface area (TPSA) is 92.3 Å². The van der Waals surface area contributed by atoms with Crippen LogP contribution in [-0.2, 0) is 10.0 Å². The molecule has 1 aliphatic heterocycles. The molecule has 0 radical (unpaired) electrons. The average Bonchev–Trinajstić information content (AvgIpc) is 3.26. The predicted octanol–water partition coefficient (Wildman–Crippen LogP) is 4.46. The number of nitrogens with zero attached hydrogens (tertiary/aromatic N) is 3. The Balaban J connectivity index is 1.50. The molecule has 32 heavy (non-hydrogen) atoms. The Morgan fingerprint density at radius 3 is 2.84 bits per heavy atom. The number of hydrogen-bond donors (Lipinski definition) is 1. The number of aryl methyl sites for hydroxylation is 1. The van der Waals surface area contributed by atoms with Crippen LogP contribution in [0.1, 0.15) is 39.1 Å². The Morgan fingerprint density at radius 1 is 1.25 bits per heavy atom. The summed E-state index contributed by atoms with van der Waals surface area (Å²) in [4.78, 5) is 12.5. The van der Waals surface area contributed by atoms with Crippen molar-refractivity contribution in [1.82, 2.24) is 14.5 Å². The Labute approximate surface area is 194 Å². The summed E-state index contributed by atoms with van der Waals surface area (Å²) in [6.45, 7) is 2.18. The zero-order valence-corrected chi connectivity index (χ0v) is 19.5. The minimum absolute atomic E-state index is 0.0306. The van der Waals surface area contributed by atoms with E-state index in [1.54, 1.807) is 31.2 Å². The van der Waals surface area contributed by atoms with Crippen molar-refractivity contribution in [2.45, 2.75) is 30.6 Å². The van der Waals surface area contributed by atoms with Crippen LogP contribution >= 0.6 is 22.9 Å². The number of amides is 1. The molecular formula is C21H20ClFN4O3S2. The van der Waals surface area contributed by atoms with E-state index in [0.717, 1.165) is 23.8 Å². The highest BCUT2D eigenvalue weighted by Gasteiger charge is 2.33. The van der Waals surface area contributed by atoms with E-state index in [0.29, 0.717) is 34.2 Å². The smallest absolute Gasteiger partial charge is 0.286 e. The maximum Gasteiger partial charge on any atom is 0.286 e. The predicted molar refractivity (Wildman–Crippen MR) is 121 cm³/mol. The van der Waals surface area contributed by atoms with Crippen LogP contribution in [0.5, 0.6) is 0 Å². The fraction of sp³-hybridized carbons (Fsp3) is 0.286. The van der Waals surface area contributed by atoms with Crippen LogP contribution in [0.15, 0.2) is 47.4 Å². The van der Waals surface area contributed by atoms with Gasteiger partial charge in [-0.3, -0.25) is 4.79 Å². The summed E-state index contributed by atoms with van der Waals surface area (Å²) >= 11 is 7.08. The molecule has 1 aromatic heterocycles. The summed E-state index contributed by atoms with van der Waals surface area (Å²) < 4.78 is 41.3. The van der Waals surface area contributed by atoms with Crippen molar-refractivity contribution in [2.24, 2.45) is 0 Å². The fourth-order valence-corrected chi connectivity index (χ4v) is 6.41. The standard InChI is InChI=1S/C21H20ClFN4O3S2/c1-13-7-8-16(23)11-18(13)32(29,30)27-9-3-4-14(12-27)20-25-26-21(31-20)19(28)24-17-6-2-5-15(22)10-17/h2,5-8,10-11,14H,3-4,9,12H2,1H3,(H,24,28)/t14-/m1/s1. The number of hydrogen-bond acceptors (Lipinski definition) is 6. The Bertz CT molecular complexity index is 1270. The van der Waals surface area contributed by atoms with Gasteiger partial charge in [0.25, 0.3) is 5.91 Å². The highest BCUT2D eigenvalue weighted by atomic mass is 35.5. The molecule has 1 N–H and O–H groups in total. The lowest BCUT2D eigenvalue weighted by atomic mass is 10.0. The van der Waals surface area contributed by atoms with Gasteiger partial charge in [0, 0.05) is 29.7 Å². The molecule has 168 valence electrons. The first-order valence-electron chi connectivity index (χ1n) is 9.90. The van der Waals surface area contributed by atoms with Gasteiger partial charge in [0.2, 0.25) is 15.0 Å². The van der Waals surface area contributed by atoms with Crippen molar-refractivity contribution in [2.75, 3.05) is 18.4 Å². The lowest BCUT2D eigenvalue weighted by molar-refractivity contribution is 0.102. The van der Waals surface area contributed by atoms with E-state index >= 15 is 0 Å². The lowest BCUT2D eigenvalue weighted by Gasteiger charge is -2.31. The van der Waals surface area contributed by atoms with Gasteiger partial charge in [0.05, 0.1) is 4.90 Å². The number of sulfonamides is 1. The second kappa shape index (κ2) is 9.22. The van der Waals surface area contributed by atoms with E-state index in [1.165, 1.54) is 16.4 Å². The lowest BCUT2D eigenvalue weighted by Crippen LogP contribution is -2.39. The minimum atomic E-state index is -3.85. The molecule has 0 bridgehead atoms. The third-order valence-electron chi connectivity index (χ3n) is 5.22. The molecule has 1 saturated heterocycles. The third kappa shape index (κ3) is 4.83. The number of rotatable bonds is 5. The van der Waals surface area contributed by atoms with Gasteiger partial charge in [-0.25, -0.2) is 12.8 Å². The maximum atomic E-state index is 13.7. The largest absolute Gasteiger partial charge is 0.320 e. The molecule has 2 heterocycles. The van der Waals surface area contributed by atoms with E-state index in [4.69, 9.17) is 11.6 Å². The molecule has 1 fully saturated rings. The number of halogens is 2. The first-order valence-corrected chi connectivity index (χ1v) is 12.5. The molecule has 3 aromatic rings. The number of nitrogens with one attached hydrogen (secondary N) is 1. The van der Waals surface area contributed by atoms with Crippen LogP contribution in [0.2, 0.25) is 5.02 Å². The molecule has 2 aromatic carbocycles. The monoisotopic (exact) mass is 494 g/mol. The third-order valence-corrected chi connectivity index (χ3v) is 8.55. The molecule has 7 nitrogen and oxygen atoms in total. The molecule has 1 aliphatic rings. The highest BCUT2D eigenvalue weighted by molar-refractivity contribution is 7.89. The SMILES string of the molecule is Cc1ccc(F)cc1S(=O)(=O)N1CCC[C@@H](c2nnc(C(=O)Nc3cccc(Cl)c3)s2)C1. The number of carbonyl (C=O) groups excluding carboxylic acids is 1. The summed E-state index contributed by atoms with van der Waals surface area (Å²) in [7, 11) is -3.85. The molecule has 0 unspecified atom stereocenters. The highest BCUT2D eigenvalue weighted by Crippen LogP contribution is 2.33. The number of carbonyl (C=O) groups is 1. The first kappa shape index (κ1) is 22.8. The normalized spacial score (nSPS) is 17.3. The molecule has 0 saturated carbocycles. The van der Waals surface area contributed by atoms with Crippen LogP contribution in [-0.4, -0.2) is 41.9 Å². The molecule has 1 amide bonds. The van der Waals surface area contributed by atoms with Crippen molar-refractivity contribution in [3.8, 4) is 0 Å². The Hall–Kier alpha value is -2.40.